The minimum atomic E-state index is -0.183. The number of ether oxygens (including phenoxy) is 1. The highest BCUT2D eigenvalue weighted by molar-refractivity contribution is 7.07. The first-order chi connectivity index (χ1) is 17.0. The molecule has 0 fully saturated rings. The average molecular weight is 480 g/mol. The van der Waals surface area contributed by atoms with Gasteiger partial charge in [-0.1, -0.05) is 24.3 Å². The van der Waals surface area contributed by atoms with Crippen molar-refractivity contribution in [2.24, 2.45) is 10.1 Å². The zero-order valence-corrected chi connectivity index (χ0v) is 20.0. The van der Waals surface area contributed by atoms with E-state index in [-0.39, 0.29) is 12.5 Å². The van der Waals surface area contributed by atoms with Gasteiger partial charge in [-0.2, -0.15) is 10.4 Å². The Morgan fingerprint density at radius 2 is 1.97 bits per heavy atom. The van der Waals surface area contributed by atoms with Gasteiger partial charge in [0.1, 0.15) is 5.75 Å². The number of aromatic nitrogens is 1. The molecule has 4 aromatic rings. The summed E-state index contributed by atoms with van der Waals surface area (Å²) in [6.07, 6.45) is 1.74. The lowest BCUT2D eigenvalue weighted by Gasteiger charge is -2.18. The first-order valence-corrected chi connectivity index (χ1v) is 11.8. The van der Waals surface area contributed by atoms with Crippen LogP contribution in [0.3, 0.4) is 0 Å². The standard InChI is InChI=1S/C27H21N5O2S/c1-17-4-3-5-22(18(17)2)31-27-32(29-14-20-8-6-19(13-28)7-9-20)24(16-35-27)21-10-11-25-23(12-21)30-26(33)15-34-25/h3-12,14,16H,15H2,1-2H3,(H,30,33). The molecule has 0 unspecified atom stereocenters. The van der Waals surface area contributed by atoms with Crippen molar-refractivity contribution in [3.05, 3.63) is 93.1 Å². The molecule has 5 rings (SSSR count). The van der Waals surface area contributed by atoms with Crippen molar-refractivity contribution >= 4 is 34.8 Å². The number of anilines is 1. The number of benzene rings is 3. The first kappa shape index (κ1) is 22.3. The van der Waals surface area contributed by atoms with Gasteiger partial charge < -0.3 is 10.1 Å². The van der Waals surface area contributed by atoms with Crippen LogP contribution in [0.4, 0.5) is 11.4 Å². The van der Waals surface area contributed by atoms with Crippen molar-refractivity contribution in [2.45, 2.75) is 13.8 Å². The van der Waals surface area contributed by atoms with E-state index in [0.717, 1.165) is 28.1 Å². The molecule has 1 aromatic heterocycles. The molecule has 7 nitrogen and oxygen atoms in total. The minimum Gasteiger partial charge on any atom is -0.482 e. The zero-order chi connectivity index (χ0) is 24.4. The smallest absolute Gasteiger partial charge is 0.262 e. The molecule has 35 heavy (non-hydrogen) atoms. The van der Waals surface area contributed by atoms with Crippen molar-refractivity contribution in [2.75, 3.05) is 11.9 Å². The van der Waals surface area contributed by atoms with E-state index < -0.39 is 0 Å². The fourth-order valence-electron chi connectivity index (χ4n) is 3.66. The fraction of sp³-hybridized carbons (Fsp3) is 0.111. The third-order valence-corrected chi connectivity index (χ3v) is 6.56. The summed E-state index contributed by atoms with van der Waals surface area (Å²) in [6.45, 7) is 4.13. The van der Waals surface area contributed by atoms with Crippen molar-refractivity contribution in [1.82, 2.24) is 4.68 Å². The predicted molar refractivity (Wildman–Crippen MR) is 137 cm³/mol. The van der Waals surface area contributed by atoms with Gasteiger partial charge in [0, 0.05) is 10.9 Å². The molecule has 0 saturated heterocycles. The maximum Gasteiger partial charge on any atom is 0.262 e. The summed E-state index contributed by atoms with van der Waals surface area (Å²) in [5.41, 5.74) is 6.93. The van der Waals surface area contributed by atoms with E-state index in [1.165, 1.54) is 16.9 Å². The number of rotatable bonds is 4. The molecule has 0 saturated carbocycles. The summed E-state index contributed by atoms with van der Waals surface area (Å²) < 4.78 is 7.29. The lowest BCUT2D eigenvalue weighted by Crippen LogP contribution is -2.25. The highest BCUT2D eigenvalue weighted by atomic mass is 32.1. The lowest BCUT2D eigenvalue weighted by atomic mass is 10.1. The number of nitriles is 1. The van der Waals surface area contributed by atoms with Gasteiger partial charge in [0.2, 0.25) is 4.80 Å². The van der Waals surface area contributed by atoms with Gasteiger partial charge in [-0.3, -0.25) is 4.79 Å². The molecular weight excluding hydrogens is 458 g/mol. The molecule has 0 aliphatic carbocycles. The summed E-state index contributed by atoms with van der Waals surface area (Å²) in [5.74, 6) is 0.453. The molecule has 1 amide bonds. The van der Waals surface area contributed by atoms with Crippen LogP contribution in [-0.2, 0) is 4.79 Å². The fourth-order valence-corrected chi connectivity index (χ4v) is 4.51. The van der Waals surface area contributed by atoms with Crippen LogP contribution in [0, 0.1) is 25.2 Å². The summed E-state index contributed by atoms with van der Waals surface area (Å²) >= 11 is 1.48. The number of nitrogens with one attached hydrogen (secondary N) is 1. The molecular formula is C27H21N5O2S. The molecule has 1 aliphatic rings. The molecule has 0 bridgehead atoms. The van der Waals surface area contributed by atoms with Crippen LogP contribution in [0.5, 0.6) is 5.75 Å². The van der Waals surface area contributed by atoms with Gasteiger partial charge in [-0.05, 0) is 66.9 Å². The highest BCUT2D eigenvalue weighted by Gasteiger charge is 2.18. The Labute approximate surface area is 206 Å². The molecule has 0 atom stereocenters. The van der Waals surface area contributed by atoms with E-state index in [2.05, 4.69) is 31.3 Å². The molecule has 8 heteroatoms. The number of hydrogen-bond donors (Lipinski definition) is 1. The maximum absolute atomic E-state index is 11.8. The zero-order valence-electron chi connectivity index (χ0n) is 19.1. The number of nitrogens with zero attached hydrogens (tertiary/aromatic N) is 4. The Hall–Kier alpha value is -4.48. The minimum absolute atomic E-state index is 0.0125. The van der Waals surface area contributed by atoms with E-state index in [4.69, 9.17) is 20.1 Å². The Kier molecular flexibility index (Phi) is 6.00. The summed E-state index contributed by atoms with van der Waals surface area (Å²) in [6, 6.07) is 21.0. The van der Waals surface area contributed by atoms with E-state index in [0.29, 0.717) is 21.8 Å². The van der Waals surface area contributed by atoms with Crippen LogP contribution < -0.4 is 14.9 Å². The lowest BCUT2D eigenvalue weighted by molar-refractivity contribution is -0.118. The Morgan fingerprint density at radius 1 is 1.14 bits per heavy atom. The van der Waals surface area contributed by atoms with Crippen LogP contribution in [0.2, 0.25) is 0 Å². The van der Waals surface area contributed by atoms with Crippen LogP contribution in [0.1, 0.15) is 22.3 Å². The third-order valence-electron chi connectivity index (χ3n) is 5.75. The molecule has 1 N–H and O–H groups in total. The largest absolute Gasteiger partial charge is 0.482 e. The molecule has 0 radical (unpaired) electrons. The van der Waals surface area contributed by atoms with Gasteiger partial charge in [0.05, 0.1) is 34.9 Å². The SMILES string of the molecule is Cc1cccc(N=c2scc(-c3ccc4c(c3)NC(=O)CO4)n2N=Cc2ccc(C#N)cc2)c1C. The first-order valence-electron chi connectivity index (χ1n) is 10.9. The van der Waals surface area contributed by atoms with Gasteiger partial charge in [-0.15, -0.1) is 11.3 Å². The quantitative estimate of drug-likeness (QED) is 0.410. The van der Waals surface area contributed by atoms with Crippen LogP contribution in [-0.4, -0.2) is 23.4 Å². The van der Waals surface area contributed by atoms with Gasteiger partial charge in [-0.25, -0.2) is 9.67 Å². The van der Waals surface area contributed by atoms with E-state index in [9.17, 15) is 4.79 Å². The Morgan fingerprint density at radius 3 is 2.77 bits per heavy atom. The normalized spacial score (nSPS) is 13.3. The van der Waals surface area contributed by atoms with Crippen LogP contribution in [0.25, 0.3) is 11.3 Å². The topological polar surface area (TPSA) is 91.8 Å². The van der Waals surface area contributed by atoms with Crippen LogP contribution in [0.15, 0.2) is 76.1 Å². The molecule has 0 spiro atoms. The van der Waals surface area contributed by atoms with E-state index >= 15 is 0 Å². The Bertz CT molecular complexity index is 1570. The summed E-state index contributed by atoms with van der Waals surface area (Å²) in [7, 11) is 0. The predicted octanol–water partition coefficient (Wildman–Crippen LogP) is 5.15. The number of thiazole rings is 1. The van der Waals surface area contributed by atoms with Gasteiger partial charge in [0.15, 0.2) is 6.61 Å². The molecule has 172 valence electrons. The van der Waals surface area contributed by atoms with E-state index in [1.54, 1.807) is 23.0 Å². The van der Waals surface area contributed by atoms with Gasteiger partial charge >= 0.3 is 0 Å². The van der Waals surface area contributed by atoms with Crippen molar-refractivity contribution in [3.63, 3.8) is 0 Å². The Balaban J connectivity index is 1.63. The maximum atomic E-state index is 11.8. The monoisotopic (exact) mass is 479 g/mol. The second kappa shape index (κ2) is 9.41. The number of fused-ring (bicyclic) bond motifs is 1. The van der Waals surface area contributed by atoms with Crippen molar-refractivity contribution < 1.29 is 9.53 Å². The second-order valence-electron chi connectivity index (χ2n) is 8.07. The number of carbonyl (C=O) groups is 1. The molecule has 3 aromatic carbocycles. The molecule has 1 aliphatic heterocycles. The number of hydrogen-bond acceptors (Lipinski definition) is 6. The molecule has 2 heterocycles. The number of amides is 1. The van der Waals surface area contributed by atoms with Crippen LogP contribution >= 0.6 is 11.3 Å². The van der Waals surface area contributed by atoms with E-state index in [1.807, 2.05) is 47.8 Å². The number of carbonyl (C=O) groups excluding carboxylic acids is 1. The van der Waals surface area contributed by atoms with Gasteiger partial charge in [0.25, 0.3) is 5.91 Å². The summed E-state index contributed by atoms with van der Waals surface area (Å²) in [4.78, 5) is 17.4. The summed E-state index contributed by atoms with van der Waals surface area (Å²) in [5, 5.41) is 18.7. The highest BCUT2D eigenvalue weighted by Crippen LogP contribution is 2.33. The number of aryl methyl sites for hydroxylation is 1. The average Bonchev–Trinajstić information content (AvgIpc) is 3.27. The third kappa shape index (κ3) is 4.63. The van der Waals surface area contributed by atoms with Crippen molar-refractivity contribution in [1.29, 1.82) is 5.26 Å². The van der Waals surface area contributed by atoms with Crippen molar-refractivity contribution in [3.8, 4) is 23.1 Å². The second-order valence-corrected chi connectivity index (χ2v) is 8.91.